The molecule has 64 valence electrons. The maximum atomic E-state index is 9.23. The molecule has 2 N–H and O–H groups in total. The lowest BCUT2D eigenvalue weighted by molar-refractivity contribution is -0.0412. The predicted octanol–water partition coefficient (Wildman–Crippen LogP) is 0.0732. The summed E-state index contributed by atoms with van der Waals surface area (Å²) in [6, 6.07) is 0. The average Bonchev–Trinajstić information content (AvgIpc) is 2.28. The van der Waals surface area contributed by atoms with Gasteiger partial charge in [0.15, 0.2) is 0 Å². The third kappa shape index (κ3) is 1.80. The van der Waals surface area contributed by atoms with Gasteiger partial charge in [0.2, 0.25) is 0 Å². The van der Waals surface area contributed by atoms with Crippen LogP contribution in [-0.4, -0.2) is 35.1 Å². The van der Waals surface area contributed by atoms with Crippen LogP contribution in [0.1, 0.15) is 13.8 Å². The van der Waals surface area contributed by atoms with Gasteiger partial charge in [-0.2, -0.15) is 0 Å². The summed E-state index contributed by atoms with van der Waals surface area (Å²) >= 11 is 0. The van der Waals surface area contributed by atoms with Gasteiger partial charge in [-0.05, 0) is 19.4 Å². The van der Waals surface area contributed by atoms with Crippen molar-refractivity contribution in [3.05, 3.63) is 11.6 Å². The van der Waals surface area contributed by atoms with Crippen LogP contribution in [0.15, 0.2) is 11.6 Å². The van der Waals surface area contributed by atoms with E-state index >= 15 is 0 Å². The van der Waals surface area contributed by atoms with E-state index in [0.717, 1.165) is 5.57 Å². The molecular formula is C8H14O3. The fraction of sp³-hybridized carbons (Fsp3) is 0.750. The fourth-order valence-electron chi connectivity index (χ4n) is 1.33. The number of aliphatic hydroxyl groups is 2. The van der Waals surface area contributed by atoms with Gasteiger partial charge in [-0.1, -0.05) is 6.08 Å². The molecule has 1 aliphatic heterocycles. The van der Waals surface area contributed by atoms with Gasteiger partial charge >= 0.3 is 0 Å². The van der Waals surface area contributed by atoms with Gasteiger partial charge in [-0.15, -0.1) is 0 Å². The molecule has 0 aromatic heterocycles. The fourth-order valence-corrected chi connectivity index (χ4v) is 1.33. The number of rotatable bonds is 2. The van der Waals surface area contributed by atoms with Gasteiger partial charge in [0.1, 0.15) is 12.2 Å². The van der Waals surface area contributed by atoms with E-state index in [-0.39, 0.29) is 18.8 Å². The monoisotopic (exact) mass is 158 g/mol. The van der Waals surface area contributed by atoms with Crippen molar-refractivity contribution in [2.45, 2.75) is 32.2 Å². The van der Waals surface area contributed by atoms with Crippen LogP contribution in [0.4, 0.5) is 0 Å². The molecule has 1 aliphatic rings. The zero-order valence-electron chi connectivity index (χ0n) is 6.82. The van der Waals surface area contributed by atoms with Gasteiger partial charge in [0.05, 0.1) is 12.7 Å². The Kier molecular flexibility index (Phi) is 2.65. The topological polar surface area (TPSA) is 49.7 Å². The molecule has 11 heavy (non-hydrogen) atoms. The summed E-state index contributed by atoms with van der Waals surface area (Å²) in [5, 5.41) is 17.9. The third-order valence-electron chi connectivity index (χ3n) is 1.84. The number of hydrogen-bond acceptors (Lipinski definition) is 3. The predicted molar refractivity (Wildman–Crippen MR) is 41.2 cm³/mol. The van der Waals surface area contributed by atoms with Crippen LogP contribution in [0, 0.1) is 0 Å². The molecule has 3 heteroatoms. The summed E-state index contributed by atoms with van der Waals surface area (Å²) in [6.07, 6.45) is 0.913. The molecule has 0 aromatic rings. The van der Waals surface area contributed by atoms with Crippen molar-refractivity contribution < 1.29 is 14.9 Å². The van der Waals surface area contributed by atoms with Gasteiger partial charge in [-0.25, -0.2) is 0 Å². The molecule has 0 radical (unpaired) electrons. The molecule has 0 bridgehead atoms. The zero-order valence-corrected chi connectivity index (χ0v) is 6.82. The molecule has 0 fully saturated rings. The molecule has 0 aromatic carbocycles. The van der Waals surface area contributed by atoms with E-state index in [1.807, 2.05) is 19.9 Å². The van der Waals surface area contributed by atoms with Gasteiger partial charge in [-0.3, -0.25) is 0 Å². The Balaban J connectivity index is 2.56. The first kappa shape index (κ1) is 8.71. The van der Waals surface area contributed by atoms with E-state index in [2.05, 4.69) is 0 Å². The molecule has 3 atom stereocenters. The van der Waals surface area contributed by atoms with Crippen molar-refractivity contribution in [3.8, 4) is 0 Å². The standard InChI is InChI=1S/C8H14O3/c1-5-3-6(2)11-8(5)7(10)4-9/h3,6-10H,4H2,1-2H3. The Morgan fingerprint density at radius 3 is 2.73 bits per heavy atom. The van der Waals surface area contributed by atoms with Crippen LogP contribution in [0.3, 0.4) is 0 Å². The van der Waals surface area contributed by atoms with E-state index < -0.39 is 6.10 Å². The minimum atomic E-state index is -0.781. The lowest BCUT2D eigenvalue weighted by atomic mass is 10.1. The van der Waals surface area contributed by atoms with Crippen LogP contribution < -0.4 is 0 Å². The summed E-state index contributed by atoms with van der Waals surface area (Å²) in [5.41, 5.74) is 0.999. The molecule has 1 rings (SSSR count). The highest BCUT2D eigenvalue weighted by Gasteiger charge is 2.27. The van der Waals surface area contributed by atoms with Crippen LogP contribution in [0.5, 0.6) is 0 Å². The molecule has 3 nitrogen and oxygen atoms in total. The molecule has 0 saturated heterocycles. The smallest absolute Gasteiger partial charge is 0.107 e. The van der Waals surface area contributed by atoms with Crippen molar-refractivity contribution in [2.75, 3.05) is 6.61 Å². The second kappa shape index (κ2) is 3.34. The summed E-state index contributed by atoms with van der Waals surface area (Å²) in [6.45, 7) is 3.56. The van der Waals surface area contributed by atoms with Crippen LogP contribution >= 0.6 is 0 Å². The van der Waals surface area contributed by atoms with E-state index in [4.69, 9.17) is 9.84 Å². The zero-order chi connectivity index (χ0) is 8.43. The highest BCUT2D eigenvalue weighted by Crippen LogP contribution is 2.21. The maximum Gasteiger partial charge on any atom is 0.107 e. The maximum absolute atomic E-state index is 9.23. The SMILES string of the molecule is CC1=CC(C)OC1C(O)CO. The lowest BCUT2D eigenvalue weighted by Crippen LogP contribution is -2.31. The minimum Gasteiger partial charge on any atom is -0.394 e. The van der Waals surface area contributed by atoms with Crippen molar-refractivity contribution in [1.29, 1.82) is 0 Å². The molecule has 0 amide bonds. The highest BCUT2D eigenvalue weighted by atomic mass is 16.5. The molecule has 0 saturated carbocycles. The second-order valence-corrected chi connectivity index (χ2v) is 2.92. The molecule has 0 aliphatic carbocycles. The van der Waals surface area contributed by atoms with Gasteiger partial charge < -0.3 is 14.9 Å². The Labute approximate surface area is 66.3 Å². The molecule has 0 spiro atoms. The molecule has 3 unspecified atom stereocenters. The van der Waals surface area contributed by atoms with Crippen LogP contribution in [-0.2, 0) is 4.74 Å². The Bertz CT molecular complexity index is 165. The van der Waals surface area contributed by atoms with Crippen molar-refractivity contribution in [1.82, 2.24) is 0 Å². The van der Waals surface area contributed by atoms with Crippen LogP contribution in [0.25, 0.3) is 0 Å². The van der Waals surface area contributed by atoms with Gasteiger partial charge in [0, 0.05) is 0 Å². The largest absolute Gasteiger partial charge is 0.394 e. The number of ether oxygens (including phenoxy) is 1. The Morgan fingerprint density at radius 2 is 2.36 bits per heavy atom. The van der Waals surface area contributed by atoms with E-state index in [1.54, 1.807) is 0 Å². The second-order valence-electron chi connectivity index (χ2n) is 2.92. The van der Waals surface area contributed by atoms with Crippen molar-refractivity contribution >= 4 is 0 Å². The summed E-state index contributed by atoms with van der Waals surface area (Å²) < 4.78 is 5.32. The normalized spacial score (nSPS) is 33.6. The summed E-state index contributed by atoms with van der Waals surface area (Å²) in [7, 11) is 0. The average molecular weight is 158 g/mol. The highest BCUT2D eigenvalue weighted by molar-refractivity contribution is 5.14. The van der Waals surface area contributed by atoms with E-state index in [1.165, 1.54) is 0 Å². The third-order valence-corrected chi connectivity index (χ3v) is 1.84. The number of hydrogen-bond donors (Lipinski definition) is 2. The lowest BCUT2D eigenvalue weighted by Gasteiger charge is -2.18. The quantitative estimate of drug-likeness (QED) is 0.559. The minimum absolute atomic E-state index is 0.0567. The summed E-state index contributed by atoms with van der Waals surface area (Å²) in [4.78, 5) is 0. The summed E-state index contributed by atoms with van der Waals surface area (Å²) in [5.74, 6) is 0. The Hall–Kier alpha value is -0.380. The Morgan fingerprint density at radius 1 is 1.73 bits per heavy atom. The number of aliphatic hydroxyl groups excluding tert-OH is 2. The van der Waals surface area contributed by atoms with Gasteiger partial charge in [0.25, 0.3) is 0 Å². The molecule has 1 heterocycles. The first-order valence-corrected chi connectivity index (χ1v) is 3.78. The van der Waals surface area contributed by atoms with E-state index in [0.29, 0.717) is 0 Å². The molecular weight excluding hydrogens is 144 g/mol. The van der Waals surface area contributed by atoms with Crippen LogP contribution in [0.2, 0.25) is 0 Å². The van der Waals surface area contributed by atoms with Crippen molar-refractivity contribution in [3.63, 3.8) is 0 Å². The first-order chi connectivity index (χ1) is 5.15. The van der Waals surface area contributed by atoms with Crippen molar-refractivity contribution in [2.24, 2.45) is 0 Å². The van der Waals surface area contributed by atoms with E-state index in [9.17, 15) is 5.11 Å². The first-order valence-electron chi connectivity index (χ1n) is 3.78.